The minimum absolute atomic E-state index is 0.206. The molecule has 1 N–H and O–H groups in total. The highest BCUT2D eigenvalue weighted by atomic mass is 19.1. The molecule has 0 atom stereocenters. The van der Waals surface area contributed by atoms with Gasteiger partial charge < -0.3 is 5.32 Å². The third kappa shape index (κ3) is 2.83. The number of nitrogens with one attached hydrogen (secondary N) is 1. The van der Waals surface area contributed by atoms with E-state index in [2.05, 4.69) is 20.3 Å². The van der Waals surface area contributed by atoms with Gasteiger partial charge in [-0.15, -0.1) is 0 Å². The average molecular weight is 333 g/mol. The molecule has 2 heterocycles. The van der Waals surface area contributed by atoms with Crippen molar-refractivity contribution in [2.24, 2.45) is 0 Å². The van der Waals surface area contributed by atoms with Gasteiger partial charge in [-0.3, -0.25) is 4.79 Å². The number of rotatable bonds is 3. The van der Waals surface area contributed by atoms with Crippen LogP contribution in [0.3, 0.4) is 0 Å². The predicted molar refractivity (Wildman–Crippen MR) is 92.6 cm³/mol. The van der Waals surface area contributed by atoms with Gasteiger partial charge in [0.2, 0.25) is 5.95 Å². The highest BCUT2D eigenvalue weighted by Gasteiger charge is 2.14. The molecular formula is C18H12FN5O. The molecule has 0 bridgehead atoms. The van der Waals surface area contributed by atoms with Crippen molar-refractivity contribution in [3.63, 3.8) is 0 Å². The van der Waals surface area contributed by atoms with E-state index in [-0.39, 0.29) is 16.9 Å². The molecule has 2 aromatic heterocycles. The molecule has 4 rings (SSSR count). The van der Waals surface area contributed by atoms with Gasteiger partial charge >= 0.3 is 0 Å². The molecule has 2 aromatic carbocycles. The lowest BCUT2D eigenvalue weighted by Crippen LogP contribution is -2.23. The minimum Gasteiger partial charge on any atom is -0.310 e. The van der Waals surface area contributed by atoms with E-state index in [1.54, 1.807) is 24.4 Å². The topological polar surface area (TPSA) is 72.7 Å². The number of halogens is 1. The Morgan fingerprint density at radius 3 is 2.64 bits per heavy atom. The van der Waals surface area contributed by atoms with Gasteiger partial charge in [0.05, 0.1) is 16.6 Å². The largest absolute Gasteiger partial charge is 0.310 e. The molecule has 0 amide bonds. The Hall–Kier alpha value is -3.61. The Morgan fingerprint density at radius 2 is 1.88 bits per heavy atom. The number of benzene rings is 2. The number of para-hydroxylation sites is 1. The van der Waals surface area contributed by atoms with Crippen LogP contribution in [0.25, 0.3) is 16.6 Å². The average Bonchev–Trinajstić information content (AvgIpc) is 2.64. The second kappa shape index (κ2) is 6.12. The first-order valence-electron chi connectivity index (χ1n) is 7.53. The van der Waals surface area contributed by atoms with E-state index in [9.17, 15) is 9.18 Å². The van der Waals surface area contributed by atoms with Crippen molar-refractivity contribution in [1.29, 1.82) is 0 Å². The fourth-order valence-electron chi connectivity index (χ4n) is 2.54. The van der Waals surface area contributed by atoms with Gasteiger partial charge in [-0.2, -0.15) is 0 Å². The monoisotopic (exact) mass is 333 g/mol. The number of nitrogens with zero attached hydrogens (tertiary/aromatic N) is 4. The molecule has 7 heteroatoms. The molecule has 0 spiro atoms. The minimum atomic E-state index is -0.484. The first-order chi connectivity index (χ1) is 12.2. The highest BCUT2D eigenvalue weighted by Crippen LogP contribution is 2.19. The van der Waals surface area contributed by atoms with Crippen molar-refractivity contribution in [1.82, 2.24) is 19.5 Å². The van der Waals surface area contributed by atoms with Crippen molar-refractivity contribution in [2.45, 2.75) is 0 Å². The zero-order valence-electron chi connectivity index (χ0n) is 12.9. The zero-order valence-corrected chi connectivity index (χ0v) is 12.9. The molecule has 0 aliphatic carbocycles. The SMILES string of the molecule is O=c1c2cc(F)ccc2nc(Nc2ccncn2)n1-c1ccccc1. The lowest BCUT2D eigenvalue weighted by molar-refractivity contribution is 0.629. The molecule has 122 valence electrons. The van der Waals surface area contributed by atoms with Crippen LogP contribution in [0.1, 0.15) is 0 Å². The van der Waals surface area contributed by atoms with Gasteiger partial charge in [0.1, 0.15) is 18.0 Å². The molecule has 0 saturated heterocycles. The molecule has 0 aliphatic heterocycles. The third-order valence-electron chi connectivity index (χ3n) is 3.67. The maximum absolute atomic E-state index is 13.6. The number of aromatic nitrogens is 4. The molecule has 0 radical (unpaired) electrons. The van der Waals surface area contributed by atoms with Crippen LogP contribution >= 0.6 is 0 Å². The van der Waals surface area contributed by atoms with Gasteiger partial charge in [0.25, 0.3) is 5.56 Å². The van der Waals surface area contributed by atoms with Crippen LogP contribution in [-0.2, 0) is 0 Å². The Kier molecular flexibility index (Phi) is 3.66. The second-order valence-electron chi connectivity index (χ2n) is 5.29. The first-order valence-corrected chi connectivity index (χ1v) is 7.53. The summed E-state index contributed by atoms with van der Waals surface area (Å²) in [5.74, 6) is 0.296. The fraction of sp³-hybridized carbons (Fsp3) is 0. The third-order valence-corrected chi connectivity index (χ3v) is 3.67. The van der Waals surface area contributed by atoms with E-state index >= 15 is 0 Å². The van der Waals surface area contributed by atoms with Crippen LogP contribution in [0, 0.1) is 5.82 Å². The number of hydrogen-bond donors (Lipinski definition) is 1. The standard InChI is InChI=1S/C18H12FN5O/c19-12-6-7-15-14(10-12)17(25)24(13-4-2-1-3-5-13)18(22-15)23-16-8-9-20-11-21-16/h1-11H,(H,20,21,22,23). The first kappa shape index (κ1) is 14.9. The Morgan fingerprint density at radius 1 is 1.04 bits per heavy atom. The number of fused-ring (bicyclic) bond motifs is 1. The van der Waals surface area contributed by atoms with Crippen molar-refractivity contribution >= 4 is 22.7 Å². The Bertz CT molecular complexity index is 1100. The molecule has 0 saturated carbocycles. The second-order valence-corrected chi connectivity index (χ2v) is 5.29. The van der Waals surface area contributed by atoms with E-state index in [4.69, 9.17) is 0 Å². The van der Waals surface area contributed by atoms with E-state index in [0.29, 0.717) is 17.0 Å². The molecular weight excluding hydrogens is 321 g/mol. The van der Waals surface area contributed by atoms with Crippen molar-refractivity contribution in [3.8, 4) is 5.69 Å². The summed E-state index contributed by atoms with van der Waals surface area (Å²) in [6.07, 6.45) is 2.97. The molecule has 4 aromatic rings. The van der Waals surface area contributed by atoms with Gasteiger partial charge in [-0.25, -0.2) is 23.9 Å². The quantitative estimate of drug-likeness (QED) is 0.624. The lowest BCUT2D eigenvalue weighted by Gasteiger charge is -2.14. The van der Waals surface area contributed by atoms with E-state index in [1.165, 1.54) is 29.1 Å². The maximum Gasteiger partial charge on any atom is 0.267 e. The van der Waals surface area contributed by atoms with Crippen molar-refractivity contribution < 1.29 is 4.39 Å². The molecule has 0 aliphatic rings. The number of anilines is 2. The zero-order chi connectivity index (χ0) is 17.2. The van der Waals surface area contributed by atoms with Gasteiger partial charge in [0.15, 0.2) is 0 Å². The molecule has 6 nitrogen and oxygen atoms in total. The van der Waals surface area contributed by atoms with E-state index in [0.717, 1.165) is 0 Å². The smallest absolute Gasteiger partial charge is 0.267 e. The summed E-state index contributed by atoms with van der Waals surface area (Å²) in [6.45, 7) is 0. The van der Waals surface area contributed by atoms with Crippen LogP contribution in [0.4, 0.5) is 16.2 Å². The van der Waals surface area contributed by atoms with E-state index < -0.39 is 5.82 Å². The van der Waals surface area contributed by atoms with Crippen LogP contribution < -0.4 is 10.9 Å². The normalized spacial score (nSPS) is 10.8. The van der Waals surface area contributed by atoms with Gasteiger partial charge in [-0.05, 0) is 36.4 Å². The van der Waals surface area contributed by atoms with E-state index in [1.807, 2.05) is 18.2 Å². The van der Waals surface area contributed by atoms with Crippen molar-refractivity contribution in [2.75, 3.05) is 5.32 Å². The number of hydrogen-bond acceptors (Lipinski definition) is 5. The summed E-state index contributed by atoms with van der Waals surface area (Å²) in [5, 5.41) is 3.23. The summed E-state index contributed by atoms with van der Waals surface area (Å²) in [4.78, 5) is 25.4. The molecule has 0 fully saturated rings. The van der Waals surface area contributed by atoms with Crippen LogP contribution in [-0.4, -0.2) is 19.5 Å². The summed E-state index contributed by atoms with van der Waals surface area (Å²) >= 11 is 0. The van der Waals surface area contributed by atoms with Crippen LogP contribution in [0.15, 0.2) is 71.9 Å². The highest BCUT2D eigenvalue weighted by molar-refractivity contribution is 5.79. The molecule has 25 heavy (non-hydrogen) atoms. The Balaban J connectivity index is 1.99. The van der Waals surface area contributed by atoms with Crippen LogP contribution in [0.2, 0.25) is 0 Å². The van der Waals surface area contributed by atoms with Gasteiger partial charge in [-0.1, -0.05) is 18.2 Å². The predicted octanol–water partition coefficient (Wildman–Crippen LogP) is 3.06. The van der Waals surface area contributed by atoms with Gasteiger partial charge in [0, 0.05) is 6.20 Å². The summed E-state index contributed by atoms with van der Waals surface area (Å²) < 4.78 is 15.0. The molecule has 0 unspecified atom stereocenters. The Labute approximate surface area is 141 Å². The summed E-state index contributed by atoms with van der Waals surface area (Å²) in [5.41, 5.74) is 0.644. The summed E-state index contributed by atoms with van der Waals surface area (Å²) in [6, 6.07) is 14.6. The van der Waals surface area contributed by atoms with Crippen molar-refractivity contribution in [3.05, 3.63) is 83.3 Å². The summed E-state index contributed by atoms with van der Waals surface area (Å²) in [7, 11) is 0. The lowest BCUT2D eigenvalue weighted by atomic mass is 10.2. The van der Waals surface area contributed by atoms with Crippen LogP contribution in [0.5, 0.6) is 0 Å². The fourth-order valence-corrected chi connectivity index (χ4v) is 2.54. The maximum atomic E-state index is 13.6.